The van der Waals surface area contributed by atoms with Gasteiger partial charge in [-0.2, -0.15) is 5.26 Å². The van der Waals surface area contributed by atoms with Crippen molar-refractivity contribution in [1.29, 1.82) is 5.26 Å². The lowest BCUT2D eigenvalue weighted by Gasteiger charge is -2.03. The van der Waals surface area contributed by atoms with Crippen LogP contribution < -0.4 is 5.32 Å². The molecule has 0 fully saturated rings. The highest BCUT2D eigenvalue weighted by Crippen LogP contribution is 2.27. The zero-order valence-electron chi connectivity index (χ0n) is 8.50. The van der Waals surface area contributed by atoms with Crippen molar-refractivity contribution in [3.05, 3.63) is 20.3 Å². The fourth-order valence-electron chi connectivity index (χ4n) is 0.950. The number of hydrogen-bond donors (Lipinski definition) is 1. The molecule has 1 amide bonds. The van der Waals surface area contributed by atoms with Gasteiger partial charge in [-0.15, -0.1) is 11.3 Å². The molecule has 1 unspecified atom stereocenters. The monoisotopic (exact) mass is 286 g/mol. The number of rotatable bonds is 3. The molecule has 0 radical (unpaired) electrons. The molecule has 0 bridgehead atoms. The average Bonchev–Trinajstić information content (AvgIpc) is 2.55. The first-order chi connectivity index (χ1) is 7.04. The lowest BCUT2D eigenvalue weighted by atomic mass is 10.2. The number of nitrogens with zero attached hydrogens (tertiary/aromatic N) is 1. The number of hydrogen-bond acceptors (Lipinski definition) is 3. The summed E-state index contributed by atoms with van der Waals surface area (Å²) in [7, 11) is 0. The van der Waals surface area contributed by atoms with Crippen LogP contribution in [0.25, 0.3) is 0 Å². The highest BCUT2D eigenvalue weighted by atomic mass is 79.9. The maximum atomic E-state index is 11.6. The molecule has 1 rings (SSSR count). The van der Waals surface area contributed by atoms with Gasteiger partial charge in [-0.3, -0.25) is 4.79 Å². The number of nitriles is 1. The Labute approximate surface area is 101 Å². The first-order valence-electron chi connectivity index (χ1n) is 4.48. The van der Waals surface area contributed by atoms with Gasteiger partial charge in [0, 0.05) is 6.54 Å². The van der Waals surface area contributed by atoms with Crippen LogP contribution >= 0.6 is 27.3 Å². The third-order valence-corrected chi connectivity index (χ3v) is 4.01. The summed E-state index contributed by atoms with van der Waals surface area (Å²) in [6, 6.07) is 3.90. The maximum Gasteiger partial charge on any atom is 0.261 e. The van der Waals surface area contributed by atoms with Gasteiger partial charge in [-0.05, 0) is 41.4 Å². The molecule has 1 aromatic rings. The first kappa shape index (κ1) is 12.2. The van der Waals surface area contributed by atoms with Gasteiger partial charge in [-0.1, -0.05) is 0 Å². The van der Waals surface area contributed by atoms with Crippen LogP contribution in [0.3, 0.4) is 0 Å². The lowest BCUT2D eigenvalue weighted by Crippen LogP contribution is -2.27. The maximum absolute atomic E-state index is 11.6. The van der Waals surface area contributed by atoms with Crippen LogP contribution in [0.2, 0.25) is 0 Å². The molecule has 0 saturated heterocycles. The van der Waals surface area contributed by atoms with Gasteiger partial charge in [0.2, 0.25) is 0 Å². The molecule has 1 N–H and O–H groups in total. The van der Waals surface area contributed by atoms with E-state index in [1.165, 1.54) is 11.3 Å². The number of halogens is 1. The van der Waals surface area contributed by atoms with E-state index in [2.05, 4.69) is 27.3 Å². The molecule has 0 aliphatic rings. The molecular formula is C10H11BrN2OS. The highest BCUT2D eigenvalue weighted by molar-refractivity contribution is 9.11. The van der Waals surface area contributed by atoms with Crippen LogP contribution in [0.1, 0.15) is 22.2 Å². The summed E-state index contributed by atoms with van der Waals surface area (Å²) >= 11 is 4.77. The summed E-state index contributed by atoms with van der Waals surface area (Å²) < 4.78 is 0.973. The van der Waals surface area contributed by atoms with Gasteiger partial charge in [0.15, 0.2) is 0 Å². The van der Waals surface area contributed by atoms with E-state index >= 15 is 0 Å². The van der Waals surface area contributed by atoms with E-state index in [4.69, 9.17) is 5.26 Å². The van der Waals surface area contributed by atoms with Gasteiger partial charge < -0.3 is 5.32 Å². The molecule has 0 aliphatic heterocycles. The third kappa shape index (κ3) is 3.33. The summed E-state index contributed by atoms with van der Waals surface area (Å²) in [5, 5.41) is 11.3. The number of carbonyl (C=O) groups excluding carboxylic acids is 1. The Hall–Kier alpha value is -0.860. The lowest BCUT2D eigenvalue weighted by molar-refractivity contribution is 0.0955. The number of aryl methyl sites for hydroxylation is 1. The molecule has 0 spiro atoms. The Morgan fingerprint density at radius 3 is 2.93 bits per heavy atom. The van der Waals surface area contributed by atoms with Gasteiger partial charge in [0.05, 0.1) is 20.7 Å². The molecule has 15 heavy (non-hydrogen) atoms. The van der Waals surface area contributed by atoms with Crippen molar-refractivity contribution in [3.8, 4) is 6.07 Å². The van der Waals surface area contributed by atoms with Crippen LogP contribution in [0.5, 0.6) is 0 Å². The Bertz CT molecular complexity index is 389. The normalized spacial score (nSPS) is 11.9. The second-order valence-corrected chi connectivity index (χ2v) is 5.68. The summed E-state index contributed by atoms with van der Waals surface area (Å²) in [5.74, 6) is -0.269. The van der Waals surface area contributed by atoms with Crippen molar-refractivity contribution in [1.82, 2.24) is 5.32 Å². The molecular weight excluding hydrogens is 276 g/mol. The molecule has 0 saturated carbocycles. The predicted octanol–water partition coefficient (Wildman–Crippen LogP) is 2.71. The Morgan fingerprint density at radius 2 is 2.47 bits per heavy atom. The topological polar surface area (TPSA) is 52.9 Å². The number of carbonyl (C=O) groups is 1. The smallest absolute Gasteiger partial charge is 0.261 e. The Balaban J connectivity index is 2.59. The Kier molecular flexibility index (Phi) is 4.30. The van der Waals surface area contributed by atoms with E-state index in [0.29, 0.717) is 11.4 Å². The SMILES string of the molecule is Cc1cc(C(=O)NCC(C)C#N)sc1Br. The fourth-order valence-corrected chi connectivity index (χ4v) is 2.40. The van der Waals surface area contributed by atoms with Gasteiger partial charge in [-0.25, -0.2) is 0 Å². The molecule has 1 atom stereocenters. The van der Waals surface area contributed by atoms with Crippen molar-refractivity contribution < 1.29 is 4.79 Å². The fraction of sp³-hybridized carbons (Fsp3) is 0.400. The molecule has 3 nitrogen and oxygen atoms in total. The minimum absolute atomic E-state index is 0.115. The van der Waals surface area contributed by atoms with Crippen molar-refractivity contribution >= 4 is 33.2 Å². The summed E-state index contributed by atoms with van der Waals surface area (Å²) in [4.78, 5) is 12.3. The summed E-state index contributed by atoms with van der Waals surface area (Å²) in [5.41, 5.74) is 1.05. The first-order valence-corrected chi connectivity index (χ1v) is 6.09. The van der Waals surface area contributed by atoms with E-state index in [1.807, 2.05) is 13.0 Å². The number of thiophene rings is 1. The minimum atomic E-state index is -0.154. The third-order valence-electron chi connectivity index (χ3n) is 1.87. The standard InChI is InChI=1S/C10H11BrN2OS/c1-6(4-12)5-13-10(14)8-3-7(2)9(11)15-8/h3,6H,5H2,1-2H3,(H,13,14). The van der Waals surface area contributed by atoms with Crippen molar-refractivity contribution in [3.63, 3.8) is 0 Å². The number of nitrogens with one attached hydrogen (secondary N) is 1. The number of amides is 1. The average molecular weight is 287 g/mol. The molecule has 1 aromatic heterocycles. The molecule has 5 heteroatoms. The zero-order valence-corrected chi connectivity index (χ0v) is 10.9. The molecule has 80 valence electrons. The van der Waals surface area contributed by atoms with Crippen LogP contribution in [-0.4, -0.2) is 12.5 Å². The van der Waals surface area contributed by atoms with Crippen LogP contribution in [-0.2, 0) is 0 Å². The highest BCUT2D eigenvalue weighted by Gasteiger charge is 2.11. The molecule has 0 aromatic carbocycles. The second kappa shape index (κ2) is 5.29. The van der Waals surface area contributed by atoms with Gasteiger partial charge in [0.25, 0.3) is 5.91 Å². The summed E-state index contributed by atoms with van der Waals surface area (Å²) in [6.07, 6.45) is 0. The van der Waals surface area contributed by atoms with Gasteiger partial charge in [0.1, 0.15) is 0 Å². The van der Waals surface area contributed by atoms with Crippen molar-refractivity contribution in [2.75, 3.05) is 6.54 Å². The zero-order chi connectivity index (χ0) is 11.4. The van der Waals surface area contributed by atoms with E-state index < -0.39 is 0 Å². The van der Waals surface area contributed by atoms with Crippen molar-refractivity contribution in [2.45, 2.75) is 13.8 Å². The van der Waals surface area contributed by atoms with Crippen molar-refractivity contribution in [2.24, 2.45) is 5.92 Å². The van der Waals surface area contributed by atoms with Crippen LogP contribution in [0.4, 0.5) is 0 Å². The van der Waals surface area contributed by atoms with Crippen LogP contribution in [0.15, 0.2) is 9.85 Å². The van der Waals surface area contributed by atoms with E-state index in [0.717, 1.165) is 9.35 Å². The predicted molar refractivity (Wildman–Crippen MR) is 63.9 cm³/mol. The largest absolute Gasteiger partial charge is 0.350 e. The van der Waals surface area contributed by atoms with Crippen LogP contribution in [0, 0.1) is 24.2 Å². The molecule has 0 aliphatic carbocycles. The second-order valence-electron chi connectivity index (χ2n) is 3.31. The quantitative estimate of drug-likeness (QED) is 0.929. The van der Waals surface area contributed by atoms with Gasteiger partial charge >= 0.3 is 0 Å². The molecule has 1 heterocycles. The van der Waals surface area contributed by atoms with E-state index in [9.17, 15) is 4.79 Å². The van der Waals surface area contributed by atoms with E-state index in [1.54, 1.807) is 6.92 Å². The summed E-state index contributed by atoms with van der Waals surface area (Å²) in [6.45, 7) is 4.11. The minimum Gasteiger partial charge on any atom is -0.350 e. The van der Waals surface area contributed by atoms with E-state index in [-0.39, 0.29) is 11.8 Å². The Morgan fingerprint density at radius 1 is 1.80 bits per heavy atom.